The van der Waals surface area contributed by atoms with Crippen LogP contribution in [0.15, 0.2) is 51.4 Å². The number of fused-ring (bicyclic) bond motifs is 6. The lowest BCUT2D eigenvalue weighted by Crippen LogP contribution is -2.31. The lowest BCUT2D eigenvalue weighted by Gasteiger charge is -2.08. The average molecular weight is 418 g/mol. The van der Waals surface area contributed by atoms with Crippen molar-refractivity contribution in [2.24, 2.45) is 7.05 Å². The molecule has 152 valence electrons. The van der Waals surface area contributed by atoms with Crippen LogP contribution in [0, 0.1) is 27.5 Å². The lowest BCUT2D eigenvalue weighted by atomic mass is 10.0. The Hall–Kier alpha value is -3.73. The van der Waals surface area contributed by atoms with Crippen LogP contribution in [-0.2, 0) is 7.05 Å². The van der Waals surface area contributed by atoms with E-state index in [2.05, 4.69) is 4.98 Å². The summed E-state index contributed by atoms with van der Waals surface area (Å²) in [6, 6.07) is 10.3. The molecule has 0 aliphatic rings. The summed E-state index contributed by atoms with van der Waals surface area (Å²) in [6.45, 7) is -6.43. The smallest absolute Gasteiger partial charge is 0.218 e. The van der Waals surface area contributed by atoms with E-state index in [0.717, 1.165) is 5.39 Å². The van der Waals surface area contributed by atoms with Gasteiger partial charge in [0.25, 0.3) is 0 Å². The molecule has 0 bridgehead atoms. The Labute approximate surface area is 191 Å². The van der Waals surface area contributed by atoms with Crippen molar-refractivity contribution < 1.29 is 25.7 Å². The van der Waals surface area contributed by atoms with E-state index in [4.69, 9.17) is 26.2 Å². The summed E-state index contributed by atoms with van der Waals surface area (Å²) in [5, 5.41) is 0.913. The quantitative estimate of drug-likeness (QED) is 0.308. The van der Waals surface area contributed by atoms with Crippen LogP contribution in [0.4, 0.5) is 0 Å². The number of aromatic nitrogens is 3. The summed E-state index contributed by atoms with van der Waals surface area (Å²) in [6.07, 6.45) is 1.26. The third-order valence-corrected chi connectivity index (χ3v) is 5.63. The van der Waals surface area contributed by atoms with Gasteiger partial charge >= 0.3 is 0 Å². The molecule has 5 nitrogen and oxygen atoms in total. The molecular formula is C26H22N3O2+. The van der Waals surface area contributed by atoms with Gasteiger partial charge in [-0.25, -0.2) is 9.55 Å². The van der Waals surface area contributed by atoms with Crippen molar-refractivity contribution >= 4 is 44.1 Å². The first kappa shape index (κ1) is 11.0. The maximum atomic E-state index is 8.20. The van der Waals surface area contributed by atoms with Crippen molar-refractivity contribution in [1.29, 1.82) is 0 Å². The molecule has 0 saturated heterocycles. The number of benzene rings is 1. The second kappa shape index (κ2) is 6.14. The molecule has 0 N–H and O–H groups in total. The number of nitrogens with zero attached hydrogens (tertiary/aromatic N) is 3. The molecule has 31 heavy (non-hydrogen) atoms. The Morgan fingerprint density at radius 1 is 0.871 bits per heavy atom. The Morgan fingerprint density at radius 3 is 2.55 bits per heavy atom. The summed E-state index contributed by atoms with van der Waals surface area (Å²) in [4.78, 5) is 9.22. The summed E-state index contributed by atoms with van der Waals surface area (Å²) in [5.74, 6) is 0. The standard InChI is InChI=1S/C26H22N3O2/c1-13-10-18(29(5)12-14(13)2)22-15(3)27-16(4)23-25-21(31-26(22)23)11-20-24(28-25)17-8-6-7-9-19(17)30-20/h6-12H,1-5H3/q+1/i1D3,2D3,4D3. The zero-order chi connectivity index (χ0) is 28.9. The Balaban J connectivity index is 1.76. The van der Waals surface area contributed by atoms with Gasteiger partial charge in [-0.3, -0.25) is 4.98 Å². The maximum Gasteiger partial charge on any atom is 0.218 e. The van der Waals surface area contributed by atoms with E-state index in [-0.39, 0.29) is 44.6 Å². The minimum atomic E-state index is -2.73. The molecule has 0 aliphatic carbocycles. The Kier molecular flexibility index (Phi) is 2.19. The van der Waals surface area contributed by atoms with Crippen molar-refractivity contribution in [3.63, 3.8) is 0 Å². The maximum absolute atomic E-state index is 8.20. The Bertz CT molecular complexity index is 2000. The van der Waals surface area contributed by atoms with Crippen LogP contribution in [0.25, 0.3) is 55.4 Å². The molecule has 0 amide bonds. The molecule has 0 unspecified atom stereocenters. The third-order valence-electron chi connectivity index (χ3n) is 5.63. The zero-order valence-corrected chi connectivity index (χ0v) is 16.7. The van der Waals surface area contributed by atoms with Crippen molar-refractivity contribution in [3.8, 4) is 11.3 Å². The molecule has 6 aromatic rings. The number of aryl methyl sites for hydroxylation is 5. The van der Waals surface area contributed by atoms with Crippen LogP contribution >= 0.6 is 0 Å². The molecule has 1 aromatic carbocycles. The summed E-state index contributed by atoms with van der Waals surface area (Å²) >= 11 is 0. The van der Waals surface area contributed by atoms with Gasteiger partial charge in [0.2, 0.25) is 5.69 Å². The minimum absolute atomic E-state index is 0.145. The normalized spacial score (nSPS) is 17.5. The highest BCUT2D eigenvalue weighted by atomic mass is 16.3. The largest absolute Gasteiger partial charge is 0.454 e. The summed E-state index contributed by atoms with van der Waals surface area (Å²) in [5.41, 5.74) is 2.30. The van der Waals surface area contributed by atoms with Crippen molar-refractivity contribution in [2.45, 2.75) is 27.5 Å². The SMILES string of the molecule is [2H]C([2H])([2H])c1cc(-c2c(C)nc(C([2H])([2H])[2H])c3c2oc2cc4oc5ccccc5c4nc23)[n+](C)cc1C([2H])([2H])[2H]. The van der Waals surface area contributed by atoms with E-state index in [1.54, 1.807) is 26.1 Å². The van der Waals surface area contributed by atoms with Crippen molar-refractivity contribution in [1.82, 2.24) is 9.97 Å². The molecule has 5 aromatic heterocycles. The monoisotopic (exact) mass is 417 g/mol. The molecule has 5 heterocycles. The predicted octanol–water partition coefficient (Wildman–Crippen LogP) is 6.00. The molecule has 0 saturated carbocycles. The topological polar surface area (TPSA) is 55.9 Å². The molecule has 0 atom stereocenters. The first-order valence-corrected chi connectivity index (χ1v) is 9.66. The highest BCUT2D eigenvalue weighted by Gasteiger charge is 2.25. The highest BCUT2D eigenvalue weighted by Crippen LogP contribution is 2.39. The van der Waals surface area contributed by atoms with Gasteiger partial charge in [-0.1, -0.05) is 12.1 Å². The summed E-state index contributed by atoms with van der Waals surface area (Å²) in [7, 11) is 1.58. The number of para-hydroxylation sites is 1. The van der Waals surface area contributed by atoms with Crippen LogP contribution < -0.4 is 4.57 Å². The van der Waals surface area contributed by atoms with E-state index in [1.807, 2.05) is 18.2 Å². The van der Waals surface area contributed by atoms with E-state index in [1.165, 1.54) is 16.8 Å². The van der Waals surface area contributed by atoms with Crippen LogP contribution in [0.1, 0.15) is 34.9 Å². The number of hydrogen-bond donors (Lipinski definition) is 0. The molecule has 0 spiro atoms. The molecule has 0 radical (unpaired) electrons. The van der Waals surface area contributed by atoms with Crippen LogP contribution in [0.2, 0.25) is 0 Å². The van der Waals surface area contributed by atoms with Gasteiger partial charge in [0.15, 0.2) is 22.9 Å². The van der Waals surface area contributed by atoms with Gasteiger partial charge in [-0.2, -0.15) is 0 Å². The van der Waals surface area contributed by atoms with Crippen molar-refractivity contribution in [2.75, 3.05) is 0 Å². The molecule has 0 fully saturated rings. The van der Waals surface area contributed by atoms with Gasteiger partial charge in [-0.15, -0.1) is 0 Å². The fourth-order valence-corrected chi connectivity index (χ4v) is 4.18. The first-order chi connectivity index (χ1) is 18.6. The first-order valence-electron chi connectivity index (χ1n) is 14.2. The van der Waals surface area contributed by atoms with E-state index < -0.39 is 20.6 Å². The number of rotatable bonds is 1. The lowest BCUT2D eigenvalue weighted by molar-refractivity contribution is -0.660. The highest BCUT2D eigenvalue weighted by molar-refractivity contribution is 6.13. The number of hydrogen-bond acceptors (Lipinski definition) is 4. The van der Waals surface area contributed by atoms with Gasteiger partial charge in [-0.05, 0) is 45.2 Å². The summed E-state index contributed by atoms with van der Waals surface area (Å²) < 4.78 is 86.0. The van der Waals surface area contributed by atoms with Gasteiger partial charge in [0, 0.05) is 35.4 Å². The van der Waals surface area contributed by atoms with E-state index in [0.29, 0.717) is 27.9 Å². The second-order valence-corrected chi connectivity index (χ2v) is 7.60. The predicted molar refractivity (Wildman–Crippen MR) is 122 cm³/mol. The van der Waals surface area contributed by atoms with Gasteiger partial charge in [0.05, 0.1) is 16.8 Å². The van der Waals surface area contributed by atoms with E-state index in [9.17, 15) is 0 Å². The second-order valence-electron chi connectivity index (χ2n) is 7.60. The van der Waals surface area contributed by atoms with E-state index >= 15 is 0 Å². The molecule has 5 heteroatoms. The molecular weight excluding hydrogens is 386 g/mol. The number of furan rings is 2. The third kappa shape index (κ3) is 2.46. The minimum Gasteiger partial charge on any atom is -0.454 e. The molecule has 6 rings (SSSR count). The zero-order valence-electron chi connectivity index (χ0n) is 25.7. The van der Waals surface area contributed by atoms with Crippen LogP contribution in [-0.4, -0.2) is 9.97 Å². The molecule has 0 aliphatic heterocycles. The fraction of sp³-hybridized carbons (Fsp3) is 0.192. The van der Waals surface area contributed by atoms with Gasteiger partial charge < -0.3 is 8.83 Å². The van der Waals surface area contributed by atoms with Crippen molar-refractivity contribution in [3.05, 3.63) is 65.1 Å². The Morgan fingerprint density at radius 2 is 1.71 bits per heavy atom. The fourth-order valence-electron chi connectivity index (χ4n) is 4.18. The number of pyridine rings is 3. The van der Waals surface area contributed by atoms with Crippen LogP contribution in [0.5, 0.6) is 0 Å². The average Bonchev–Trinajstić information content (AvgIpc) is 3.38. The van der Waals surface area contributed by atoms with Gasteiger partial charge in [0.1, 0.15) is 29.2 Å². The van der Waals surface area contributed by atoms with Crippen LogP contribution in [0.3, 0.4) is 0 Å².